The molecule has 0 saturated carbocycles. The van der Waals surface area contributed by atoms with Gasteiger partial charge in [0.15, 0.2) is 0 Å². The zero-order valence-corrected chi connectivity index (χ0v) is 14.4. The topological polar surface area (TPSA) is 74.4 Å². The third kappa shape index (κ3) is 2.62. The van der Waals surface area contributed by atoms with Crippen LogP contribution in [0, 0.1) is 5.92 Å². The number of methoxy groups -OCH3 is 1. The zero-order chi connectivity index (χ0) is 17.4. The van der Waals surface area contributed by atoms with Crippen LogP contribution in [-0.2, 0) is 20.7 Å². The number of H-pyrrole nitrogens is 1. The van der Waals surface area contributed by atoms with Crippen LogP contribution in [-0.4, -0.2) is 43.1 Å². The molecule has 24 heavy (non-hydrogen) atoms. The predicted octanol–water partition coefficient (Wildman–Crippen LogP) is 1.84. The van der Waals surface area contributed by atoms with Crippen molar-refractivity contribution < 1.29 is 14.3 Å². The summed E-state index contributed by atoms with van der Waals surface area (Å²) in [6.45, 7) is 4.01. The first-order valence-corrected chi connectivity index (χ1v) is 8.14. The normalized spacial score (nSPS) is 21.2. The number of carbonyl (C=O) groups excluding carboxylic acids is 2. The fraction of sp³-hybridized carbons (Fsp3) is 0.444. The van der Waals surface area contributed by atoms with Crippen molar-refractivity contribution in [2.75, 3.05) is 19.1 Å². The van der Waals surface area contributed by atoms with Gasteiger partial charge in [-0.2, -0.15) is 0 Å². The summed E-state index contributed by atoms with van der Waals surface area (Å²) in [6, 6.07) is 4.92. The number of benzene rings is 1. The van der Waals surface area contributed by atoms with Crippen LogP contribution in [0.1, 0.15) is 19.4 Å². The van der Waals surface area contributed by atoms with Crippen molar-refractivity contribution >= 4 is 28.5 Å². The van der Waals surface area contributed by atoms with Crippen molar-refractivity contribution in [3.05, 3.63) is 30.0 Å². The van der Waals surface area contributed by atoms with Gasteiger partial charge in [-0.15, -0.1) is 0 Å². The van der Waals surface area contributed by atoms with Crippen LogP contribution < -0.4 is 10.2 Å². The van der Waals surface area contributed by atoms with E-state index in [0.717, 1.165) is 22.2 Å². The fourth-order valence-electron chi connectivity index (χ4n) is 3.58. The van der Waals surface area contributed by atoms with Crippen LogP contribution in [0.4, 0.5) is 5.69 Å². The molecule has 1 amide bonds. The Labute approximate surface area is 141 Å². The van der Waals surface area contributed by atoms with Crippen molar-refractivity contribution in [2.45, 2.75) is 32.4 Å². The first kappa shape index (κ1) is 16.4. The molecule has 0 bridgehead atoms. The van der Waals surface area contributed by atoms with Gasteiger partial charge in [-0.25, -0.2) is 4.79 Å². The molecule has 0 spiro atoms. The maximum Gasteiger partial charge on any atom is 0.328 e. The van der Waals surface area contributed by atoms with E-state index in [0.29, 0.717) is 6.42 Å². The zero-order valence-electron chi connectivity index (χ0n) is 14.4. The third-order valence-corrected chi connectivity index (χ3v) is 4.69. The lowest BCUT2D eigenvalue weighted by molar-refractivity contribution is -0.145. The van der Waals surface area contributed by atoms with Crippen molar-refractivity contribution in [2.24, 2.45) is 5.92 Å². The number of ether oxygens (including phenoxy) is 1. The number of nitrogens with zero attached hydrogens (tertiary/aromatic N) is 1. The molecular weight excluding hydrogens is 306 g/mol. The Kier molecular flexibility index (Phi) is 4.22. The van der Waals surface area contributed by atoms with Crippen molar-refractivity contribution in [3.63, 3.8) is 0 Å². The average Bonchev–Trinajstić information content (AvgIpc) is 2.96. The molecule has 1 aromatic heterocycles. The molecular formula is C18H23N3O3. The van der Waals surface area contributed by atoms with E-state index in [1.54, 1.807) is 0 Å². The molecule has 6 heteroatoms. The Hall–Kier alpha value is -2.50. The van der Waals surface area contributed by atoms with E-state index in [1.807, 2.05) is 50.2 Å². The predicted molar refractivity (Wildman–Crippen MR) is 93.0 cm³/mol. The van der Waals surface area contributed by atoms with Gasteiger partial charge in [0, 0.05) is 36.3 Å². The van der Waals surface area contributed by atoms with Gasteiger partial charge < -0.3 is 19.9 Å². The number of hydrogen-bond acceptors (Lipinski definition) is 4. The molecule has 2 atom stereocenters. The summed E-state index contributed by atoms with van der Waals surface area (Å²) in [6.07, 6.45) is 2.30. The summed E-state index contributed by atoms with van der Waals surface area (Å²) >= 11 is 0. The minimum atomic E-state index is -0.692. The lowest BCUT2D eigenvalue weighted by atomic mass is 10.0. The Bertz CT molecular complexity index is 781. The lowest BCUT2D eigenvalue weighted by Gasteiger charge is -2.32. The second-order valence-electron chi connectivity index (χ2n) is 6.60. The second kappa shape index (κ2) is 6.19. The average molecular weight is 329 g/mol. The summed E-state index contributed by atoms with van der Waals surface area (Å²) in [5.74, 6) is -0.500. The first-order valence-electron chi connectivity index (χ1n) is 8.14. The maximum atomic E-state index is 12.8. The number of hydrogen-bond donors (Lipinski definition) is 2. The van der Waals surface area contributed by atoms with Crippen molar-refractivity contribution in [1.82, 2.24) is 10.3 Å². The Balaban J connectivity index is 2.20. The number of aromatic amines is 1. The highest BCUT2D eigenvalue weighted by molar-refractivity contribution is 5.99. The molecule has 128 valence electrons. The molecule has 0 radical (unpaired) electrons. The molecule has 0 fully saturated rings. The largest absolute Gasteiger partial charge is 0.467 e. The van der Waals surface area contributed by atoms with Crippen LogP contribution in [0.15, 0.2) is 24.4 Å². The molecule has 1 aliphatic rings. The minimum absolute atomic E-state index is 0.0871. The standard InChI is InChI=1S/C18H23N3O3/c1-10(2)16-17(22)20-13(18(23)24-4)8-11-9-19-12-6-5-7-14(15(11)12)21(16)3/h5-7,9-10,13,16,19H,8H2,1-4H3,(H,20,22). The molecule has 2 N–H and O–H groups in total. The van der Waals surface area contributed by atoms with Gasteiger partial charge in [-0.05, 0) is 23.6 Å². The van der Waals surface area contributed by atoms with Crippen LogP contribution in [0.5, 0.6) is 0 Å². The summed E-state index contributed by atoms with van der Waals surface area (Å²) in [5.41, 5.74) is 2.98. The van der Waals surface area contributed by atoms with E-state index in [-0.39, 0.29) is 17.9 Å². The van der Waals surface area contributed by atoms with Crippen molar-refractivity contribution in [1.29, 1.82) is 0 Å². The van der Waals surface area contributed by atoms with Crippen LogP contribution >= 0.6 is 0 Å². The van der Waals surface area contributed by atoms with Gasteiger partial charge >= 0.3 is 5.97 Å². The number of likely N-dealkylation sites (N-methyl/N-ethyl adjacent to an activating group) is 1. The Morgan fingerprint density at radius 2 is 2.12 bits per heavy atom. The Morgan fingerprint density at radius 3 is 2.79 bits per heavy atom. The monoisotopic (exact) mass is 329 g/mol. The molecule has 2 heterocycles. The number of rotatable bonds is 2. The van der Waals surface area contributed by atoms with E-state index in [4.69, 9.17) is 4.74 Å². The van der Waals surface area contributed by atoms with Crippen LogP contribution in [0.3, 0.4) is 0 Å². The Morgan fingerprint density at radius 1 is 1.38 bits per heavy atom. The maximum absolute atomic E-state index is 12.8. The van der Waals surface area contributed by atoms with E-state index < -0.39 is 12.0 Å². The first-order chi connectivity index (χ1) is 11.4. The molecule has 6 nitrogen and oxygen atoms in total. The van der Waals surface area contributed by atoms with E-state index in [9.17, 15) is 9.59 Å². The quantitative estimate of drug-likeness (QED) is 0.825. The SMILES string of the molecule is COC(=O)C1Cc2c[nH]c3cccc(c23)N(C)C(C(C)C)C(=O)N1. The van der Waals surface area contributed by atoms with Gasteiger partial charge in [0.25, 0.3) is 0 Å². The number of anilines is 1. The lowest BCUT2D eigenvalue weighted by Crippen LogP contribution is -2.53. The van der Waals surface area contributed by atoms with Crippen LogP contribution in [0.2, 0.25) is 0 Å². The van der Waals surface area contributed by atoms with Crippen LogP contribution in [0.25, 0.3) is 10.9 Å². The molecule has 2 aromatic rings. The van der Waals surface area contributed by atoms with E-state index in [2.05, 4.69) is 10.3 Å². The fourth-order valence-corrected chi connectivity index (χ4v) is 3.58. The minimum Gasteiger partial charge on any atom is -0.467 e. The smallest absolute Gasteiger partial charge is 0.328 e. The number of aromatic nitrogens is 1. The molecule has 0 aliphatic carbocycles. The number of esters is 1. The van der Waals surface area contributed by atoms with Gasteiger partial charge in [0.1, 0.15) is 12.1 Å². The van der Waals surface area contributed by atoms with Gasteiger partial charge in [0.2, 0.25) is 5.91 Å². The summed E-state index contributed by atoms with van der Waals surface area (Å²) < 4.78 is 4.88. The van der Waals surface area contributed by atoms with Gasteiger partial charge in [0.05, 0.1) is 7.11 Å². The van der Waals surface area contributed by atoms with E-state index >= 15 is 0 Å². The summed E-state index contributed by atoms with van der Waals surface area (Å²) in [7, 11) is 3.27. The van der Waals surface area contributed by atoms with E-state index in [1.165, 1.54) is 7.11 Å². The molecule has 0 saturated heterocycles. The van der Waals surface area contributed by atoms with Crippen molar-refractivity contribution in [3.8, 4) is 0 Å². The molecule has 2 unspecified atom stereocenters. The second-order valence-corrected chi connectivity index (χ2v) is 6.60. The number of nitrogens with one attached hydrogen (secondary N) is 2. The molecule has 3 rings (SSSR count). The summed E-state index contributed by atoms with van der Waals surface area (Å²) in [4.78, 5) is 30.2. The number of carbonyl (C=O) groups is 2. The molecule has 1 aliphatic heterocycles. The molecule has 1 aromatic carbocycles. The summed E-state index contributed by atoms with van der Waals surface area (Å²) in [5, 5.41) is 3.92. The van der Waals surface area contributed by atoms with Gasteiger partial charge in [-0.1, -0.05) is 19.9 Å². The highest BCUT2D eigenvalue weighted by Gasteiger charge is 2.34. The van der Waals surface area contributed by atoms with Gasteiger partial charge in [-0.3, -0.25) is 4.79 Å². The highest BCUT2D eigenvalue weighted by Crippen LogP contribution is 2.33. The number of amides is 1. The highest BCUT2D eigenvalue weighted by atomic mass is 16.5. The third-order valence-electron chi connectivity index (χ3n) is 4.69.